The van der Waals surface area contributed by atoms with Crippen molar-refractivity contribution in [2.24, 2.45) is 0 Å². The molecule has 1 aliphatic rings. The molecule has 0 radical (unpaired) electrons. The Morgan fingerprint density at radius 1 is 1.25 bits per heavy atom. The van der Waals surface area contributed by atoms with Gasteiger partial charge in [0.25, 0.3) is 5.91 Å². The molecule has 128 valence electrons. The molecule has 2 N–H and O–H groups in total. The lowest BCUT2D eigenvalue weighted by Crippen LogP contribution is -2.42. The molecule has 7 heteroatoms. The van der Waals surface area contributed by atoms with E-state index in [4.69, 9.17) is 0 Å². The predicted molar refractivity (Wildman–Crippen MR) is 91.1 cm³/mol. The molecule has 0 unspecified atom stereocenters. The second kappa shape index (κ2) is 7.53. The summed E-state index contributed by atoms with van der Waals surface area (Å²) in [4.78, 5) is 25.3. The van der Waals surface area contributed by atoms with Crippen LogP contribution in [-0.2, 0) is 0 Å². The van der Waals surface area contributed by atoms with E-state index in [0.717, 1.165) is 37.9 Å². The molecular formula is C17H24N6O. The molecule has 0 saturated heterocycles. The van der Waals surface area contributed by atoms with Gasteiger partial charge in [0.05, 0.1) is 0 Å². The average molecular weight is 328 g/mol. The predicted octanol–water partition coefficient (Wildman–Crippen LogP) is 1.62. The number of imidazole rings is 1. The zero-order chi connectivity index (χ0) is 16.9. The van der Waals surface area contributed by atoms with Crippen LogP contribution in [-0.4, -0.2) is 44.1 Å². The maximum Gasteiger partial charge on any atom is 0.270 e. The lowest BCUT2D eigenvalue weighted by atomic mass is 9.91. The Hall–Kier alpha value is -2.28. The fourth-order valence-corrected chi connectivity index (χ4v) is 3.15. The standard InChI is InChI=1S/C17H24N6O/c1-3-19-13-4-6-14(7-5-13)21-16(24)15-10-12(2)20-17(22-15)23-9-8-18-11-23/h8-11,13-14,19H,3-7H2,1-2H3,(H,21,24). The van der Waals surface area contributed by atoms with Crippen LogP contribution in [0, 0.1) is 6.92 Å². The Morgan fingerprint density at radius 3 is 2.67 bits per heavy atom. The van der Waals surface area contributed by atoms with Gasteiger partial charge in [0, 0.05) is 30.2 Å². The molecule has 1 fully saturated rings. The van der Waals surface area contributed by atoms with E-state index >= 15 is 0 Å². The monoisotopic (exact) mass is 328 g/mol. The Morgan fingerprint density at radius 2 is 2.00 bits per heavy atom. The van der Waals surface area contributed by atoms with Gasteiger partial charge in [-0.15, -0.1) is 0 Å². The first-order chi connectivity index (χ1) is 11.7. The van der Waals surface area contributed by atoms with Gasteiger partial charge >= 0.3 is 0 Å². The number of nitrogens with zero attached hydrogens (tertiary/aromatic N) is 4. The molecular weight excluding hydrogens is 304 g/mol. The van der Waals surface area contributed by atoms with E-state index in [1.54, 1.807) is 29.4 Å². The fraction of sp³-hybridized carbons (Fsp3) is 0.529. The van der Waals surface area contributed by atoms with Crippen LogP contribution in [0.2, 0.25) is 0 Å². The number of hydrogen-bond acceptors (Lipinski definition) is 5. The molecule has 1 saturated carbocycles. The Bertz CT molecular complexity index is 676. The van der Waals surface area contributed by atoms with Crippen LogP contribution in [0.3, 0.4) is 0 Å². The minimum Gasteiger partial charge on any atom is -0.348 e. The van der Waals surface area contributed by atoms with Crippen molar-refractivity contribution in [1.29, 1.82) is 0 Å². The van der Waals surface area contributed by atoms with Gasteiger partial charge in [0.2, 0.25) is 5.95 Å². The fourth-order valence-electron chi connectivity index (χ4n) is 3.15. The van der Waals surface area contributed by atoms with Gasteiger partial charge in [-0.2, -0.15) is 0 Å². The van der Waals surface area contributed by atoms with Crippen LogP contribution < -0.4 is 10.6 Å². The first kappa shape index (κ1) is 16.6. The van der Waals surface area contributed by atoms with Gasteiger partial charge < -0.3 is 10.6 Å². The molecule has 2 aromatic rings. The van der Waals surface area contributed by atoms with Crippen LogP contribution in [0.4, 0.5) is 0 Å². The topological polar surface area (TPSA) is 84.7 Å². The lowest BCUT2D eigenvalue weighted by molar-refractivity contribution is 0.0919. The van der Waals surface area contributed by atoms with E-state index in [1.165, 1.54) is 0 Å². The van der Waals surface area contributed by atoms with Crippen LogP contribution in [0.5, 0.6) is 0 Å². The number of rotatable bonds is 5. The summed E-state index contributed by atoms with van der Waals surface area (Å²) in [6.07, 6.45) is 9.25. The van der Waals surface area contributed by atoms with Crippen LogP contribution in [0.1, 0.15) is 48.8 Å². The molecule has 2 aromatic heterocycles. The lowest BCUT2D eigenvalue weighted by Gasteiger charge is -2.29. The van der Waals surface area contributed by atoms with Crippen molar-refractivity contribution < 1.29 is 4.79 Å². The molecule has 2 heterocycles. The Balaban J connectivity index is 1.65. The molecule has 3 rings (SSSR count). The largest absolute Gasteiger partial charge is 0.348 e. The zero-order valence-electron chi connectivity index (χ0n) is 14.2. The first-order valence-electron chi connectivity index (χ1n) is 8.54. The number of nitrogens with one attached hydrogen (secondary N) is 2. The van der Waals surface area contributed by atoms with Crippen LogP contribution in [0.15, 0.2) is 24.8 Å². The minimum atomic E-state index is -0.131. The third kappa shape index (κ3) is 3.97. The van der Waals surface area contributed by atoms with Crippen LogP contribution >= 0.6 is 0 Å². The third-order valence-electron chi connectivity index (χ3n) is 4.37. The van der Waals surface area contributed by atoms with Crippen molar-refractivity contribution in [2.75, 3.05) is 6.54 Å². The van der Waals surface area contributed by atoms with Gasteiger partial charge in [-0.1, -0.05) is 6.92 Å². The van der Waals surface area contributed by atoms with Crippen molar-refractivity contribution >= 4 is 5.91 Å². The van der Waals surface area contributed by atoms with Gasteiger partial charge in [-0.05, 0) is 45.2 Å². The summed E-state index contributed by atoms with van der Waals surface area (Å²) in [5.41, 5.74) is 1.16. The molecule has 0 bridgehead atoms. The summed E-state index contributed by atoms with van der Waals surface area (Å²) < 4.78 is 1.70. The van der Waals surface area contributed by atoms with E-state index in [-0.39, 0.29) is 11.9 Å². The van der Waals surface area contributed by atoms with Gasteiger partial charge in [-0.25, -0.2) is 15.0 Å². The summed E-state index contributed by atoms with van der Waals surface area (Å²) >= 11 is 0. The van der Waals surface area contributed by atoms with E-state index in [0.29, 0.717) is 17.7 Å². The summed E-state index contributed by atoms with van der Waals surface area (Å²) in [6, 6.07) is 2.52. The van der Waals surface area contributed by atoms with Crippen molar-refractivity contribution in [3.63, 3.8) is 0 Å². The number of amides is 1. The molecule has 1 aliphatic carbocycles. The highest BCUT2D eigenvalue weighted by Gasteiger charge is 2.23. The summed E-state index contributed by atoms with van der Waals surface area (Å²) in [5.74, 6) is 0.335. The number of carbonyl (C=O) groups is 1. The van der Waals surface area contributed by atoms with E-state index < -0.39 is 0 Å². The Labute approximate surface area is 141 Å². The number of hydrogen-bond donors (Lipinski definition) is 2. The normalized spacial score (nSPS) is 20.8. The van der Waals surface area contributed by atoms with E-state index in [1.807, 2.05) is 6.92 Å². The molecule has 24 heavy (non-hydrogen) atoms. The van der Waals surface area contributed by atoms with Crippen molar-refractivity contribution in [1.82, 2.24) is 30.2 Å². The highest BCUT2D eigenvalue weighted by atomic mass is 16.1. The third-order valence-corrected chi connectivity index (χ3v) is 4.37. The quantitative estimate of drug-likeness (QED) is 0.871. The molecule has 0 atom stereocenters. The minimum absolute atomic E-state index is 0.131. The summed E-state index contributed by atoms with van der Waals surface area (Å²) in [5, 5.41) is 6.59. The molecule has 0 aromatic carbocycles. The molecule has 0 aliphatic heterocycles. The van der Waals surface area contributed by atoms with E-state index in [9.17, 15) is 4.79 Å². The molecule has 1 amide bonds. The maximum absolute atomic E-state index is 12.6. The number of aryl methyl sites for hydroxylation is 1. The summed E-state index contributed by atoms with van der Waals surface area (Å²) in [6.45, 7) is 4.99. The molecule has 0 spiro atoms. The smallest absolute Gasteiger partial charge is 0.270 e. The molecule has 7 nitrogen and oxygen atoms in total. The van der Waals surface area contributed by atoms with Crippen molar-refractivity contribution in [3.05, 3.63) is 36.2 Å². The average Bonchev–Trinajstić information content (AvgIpc) is 3.11. The number of carbonyl (C=O) groups excluding carboxylic acids is 1. The SMILES string of the molecule is CCNC1CCC(NC(=O)c2cc(C)nc(-n3ccnc3)n2)CC1. The Kier molecular flexibility index (Phi) is 5.20. The number of aromatic nitrogens is 4. The van der Waals surface area contributed by atoms with Gasteiger partial charge in [0.1, 0.15) is 12.0 Å². The maximum atomic E-state index is 12.6. The second-order valence-electron chi connectivity index (χ2n) is 6.24. The van der Waals surface area contributed by atoms with Gasteiger partial charge in [-0.3, -0.25) is 9.36 Å². The second-order valence-corrected chi connectivity index (χ2v) is 6.24. The zero-order valence-corrected chi connectivity index (χ0v) is 14.2. The van der Waals surface area contributed by atoms with Gasteiger partial charge in [0.15, 0.2) is 0 Å². The van der Waals surface area contributed by atoms with Crippen molar-refractivity contribution in [3.8, 4) is 5.95 Å². The highest BCUT2D eigenvalue weighted by Crippen LogP contribution is 2.19. The highest BCUT2D eigenvalue weighted by molar-refractivity contribution is 5.92. The first-order valence-corrected chi connectivity index (χ1v) is 8.54. The summed E-state index contributed by atoms with van der Waals surface area (Å²) in [7, 11) is 0. The van der Waals surface area contributed by atoms with E-state index in [2.05, 4.69) is 32.5 Å². The van der Waals surface area contributed by atoms with Crippen molar-refractivity contribution in [2.45, 2.75) is 51.6 Å². The van der Waals surface area contributed by atoms with Crippen LogP contribution in [0.25, 0.3) is 5.95 Å².